The lowest BCUT2D eigenvalue weighted by atomic mass is 10.1. The van der Waals surface area contributed by atoms with Gasteiger partial charge in [-0.2, -0.15) is 0 Å². The maximum atomic E-state index is 12.2. The molecule has 0 bridgehead atoms. The predicted molar refractivity (Wildman–Crippen MR) is 102 cm³/mol. The van der Waals surface area contributed by atoms with Crippen LogP contribution in [0.25, 0.3) is 32.8 Å². The van der Waals surface area contributed by atoms with Crippen molar-refractivity contribution in [3.05, 3.63) is 46.9 Å². The molecule has 26 heavy (non-hydrogen) atoms. The molecule has 130 valence electrons. The molecule has 0 saturated carbocycles. The summed E-state index contributed by atoms with van der Waals surface area (Å²) in [6.45, 7) is 1.52. The van der Waals surface area contributed by atoms with Gasteiger partial charge in [0.1, 0.15) is 5.75 Å². The van der Waals surface area contributed by atoms with Gasteiger partial charge in [0.2, 0.25) is 5.91 Å². The Bertz CT molecular complexity index is 1210. The quantitative estimate of drug-likeness (QED) is 0.328. The van der Waals surface area contributed by atoms with Crippen LogP contribution in [0.2, 0.25) is 0 Å². The Labute approximate surface area is 156 Å². The number of aromatic nitrogens is 2. The maximum Gasteiger partial charge on any atom is 0.513 e. The molecule has 0 fully saturated rings. The van der Waals surface area contributed by atoms with E-state index in [2.05, 4.69) is 20.7 Å². The van der Waals surface area contributed by atoms with Crippen molar-refractivity contribution in [2.45, 2.75) is 6.92 Å². The first-order valence-electron chi connectivity index (χ1n) is 7.79. The van der Waals surface area contributed by atoms with Crippen molar-refractivity contribution in [2.24, 2.45) is 0 Å². The Morgan fingerprint density at radius 1 is 1.08 bits per heavy atom. The summed E-state index contributed by atoms with van der Waals surface area (Å²) >= 11 is 3.47. The lowest BCUT2D eigenvalue weighted by Gasteiger charge is -2.05. The fourth-order valence-electron chi connectivity index (χ4n) is 3.08. The van der Waals surface area contributed by atoms with E-state index in [9.17, 15) is 9.59 Å². The van der Waals surface area contributed by atoms with Crippen LogP contribution in [0.4, 0.5) is 4.79 Å². The van der Waals surface area contributed by atoms with Crippen LogP contribution < -0.4 is 4.74 Å². The average molecular weight is 413 g/mol. The minimum Gasteiger partial charge on any atom is -0.437 e. The Hall–Kier alpha value is -2.93. The van der Waals surface area contributed by atoms with E-state index in [1.807, 2.05) is 24.3 Å². The molecule has 0 radical (unpaired) electrons. The molecule has 2 aromatic heterocycles. The number of rotatable bonds is 1. The molecule has 0 aliphatic heterocycles. The number of benzene rings is 2. The molecule has 0 N–H and O–H groups in total. The molecule has 6 nitrogen and oxygen atoms in total. The standard InChI is InChI=1S/C19H13BrN2O4/c1-10(23)22-16-6-3-12(20)9-14(16)18-17(22)8-11-7-13(26-19(24)25-2)4-5-15(11)21-18/h3-9H,1-2H3. The largest absolute Gasteiger partial charge is 0.513 e. The van der Waals surface area contributed by atoms with Crippen molar-refractivity contribution in [2.75, 3.05) is 7.11 Å². The first-order chi connectivity index (χ1) is 12.5. The summed E-state index contributed by atoms with van der Waals surface area (Å²) in [6, 6.07) is 12.7. The van der Waals surface area contributed by atoms with Gasteiger partial charge < -0.3 is 9.47 Å². The average Bonchev–Trinajstić information content (AvgIpc) is 2.92. The van der Waals surface area contributed by atoms with Crippen LogP contribution in [-0.4, -0.2) is 28.7 Å². The maximum absolute atomic E-state index is 12.2. The zero-order valence-electron chi connectivity index (χ0n) is 13.9. The van der Waals surface area contributed by atoms with Crippen molar-refractivity contribution < 1.29 is 19.1 Å². The molecule has 0 unspecified atom stereocenters. The first kappa shape index (κ1) is 16.5. The van der Waals surface area contributed by atoms with Crippen LogP contribution in [0.1, 0.15) is 11.7 Å². The lowest BCUT2D eigenvalue weighted by Crippen LogP contribution is -2.07. The molecule has 7 heteroatoms. The van der Waals surface area contributed by atoms with Gasteiger partial charge >= 0.3 is 6.16 Å². The van der Waals surface area contributed by atoms with Crippen LogP contribution in [0, 0.1) is 0 Å². The molecular weight excluding hydrogens is 400 g/mol. The Kier molecular flexibility index (Phi) is 3.88. The number of carbonyl (C=O) groups is 2. The van der Waals surface area contributed by atoms with Gasteiger partial charge in [-0.05, 0) is 42.5 Å². The molecule has 0 amide bonds. The van der Waals surface area contributed by atoms with E-state index >= 15 is 0 Å². The molecule has 2 heterocycles. The number of carbonyl (C=O) groups excluding carboxylic acids is 2. The highest BCUT2D eigenvalue weighted by atomic mass is 79.9. The third kappa shape index (κ3) is 2.61. The van der Waals surface area contributed by atoms with Crippen molar-refractivity contribution >= 4 is 60.8 Å². The number of halogens is 1. The number of methoxy groups -OCH3 is 1. The van der Waals surface area contributed by atoms with Crippen LogP contribution in [0.3, 0.4) is 0 Å². The molecule has 0 spiro atoms. The first-order valence-corrected chi connectivity index (χ1v) is 8.58. The third-order valence-electron chi connectivity index (χ3n) is 4.14. The third-order valence-corrected chi connectivity index (χ3v) is 4.64. The van der Waals surface area contributed by atoms with Gasteiger partial charge in [-0.3, -0.25) is 9.36 Å². The smallest absolute Gasteiger partial charge is 0.437 e. The number of nitrogens with zero attached hydrogens (tertiary/aromatic N) is 2. The second-order valence-corrected chi connectivity index (χ2v) is 6.70. The van der Waals surface area contributed by atoms with Crippen molar-refractivity contribution in [1.82, 2.24) is 9.55 Å². The van der Waals surface area contributed by atoms with Crippen LogP contribution >= 0.6 is 15.9 Å². The Morgan fingerprint density at radius 3 is 2.62 bits per heavy atom. The molecule has 4 aromatic rings. The molecule has 0 saturated heterocycles. The van der Waals surface area contributed by atoms with Gasteiger partial charge in [0.05, 0.1) is 29.2 Å². The molecule has 0 aliphatic carbocycles. The summed E-state index contributed by atoms with van der Waals surface area (Å²) in [7, 11) is 1.25. The van der Waals surface area contributed by atoms with Gasteiger partial charge in [0, 0.05) is 22.2 Å². The van der Waals surface area contributed by atoms with E-state index < -0.39 is 6.16 Å². The number of ether oxygens (including phenoxy) is 2. The lowest BCUT2D eigenvalue weighted by molar-refractivity contribution is 0.0946. The second kappa shape index (κ2) is 6.10. The van der Waals surface area contributed by atoms with E-state index in [-0.39, 0.29) is 5.91 Å². The van der Waals surface area contributed by atoms with E-state index in [1.54, 1.807) is 22.8 Å². The van der Waals surface area contributed by atoms with Gasteiger partial charge in [-0.1, -0.05) is 15.9 Å². The number of hydrogen-bond acceptors (Lipinski definition) is 5. The summed E-state index contributed by atoms with van der Waals surface area (Å²) in [4.78, 5) is 28.3. The second-order valence-electron chi connectivity index (χ2n) is 5.78. The van der Waals surface area contributed by atoms with Crippen LogP contribution in [0.15, 0.2) is 46.9 Å². The van der Waals surface area contributed by atoms with Gasteiger partial charge in [0.15, 0.2) is 0 Å². The highest BCUT2D eigenvalue weighted by molar-refractivity contribution is 9.10. The predicted octanol–water partition coefficient (Wildman–Crippen LogP) is 4.91. The van der Waals surface area contributed by atoms with Crippen LogP contribution in [-0.2, 0) is 4.74 Å². The van der Waals surface area contributed by atoms with E-state index in [0.717, 1.165) is 31.8 Å². The van der Waals surface area contributed by atoms with Crippen molar-refractivity contribution in [3.63, 3.8) is 0 Å². The van der Waals surface area contributed by atoms with Crippen molar-refractivity contribution in [1.29, 1.82) is 0 Å². The van der Waals surface area contributed by atoms with Crippen molar-refractivity contribution in [3.8, 4) is 5.75 Å². The summed E-state index contributed by atoms with van der Waals surface area (Å²) in [5.74, 6) is 0.245. The number of pyridine rings is 1. The highest BCUT2D eigenvalue weighted by Gasteiger charge is 2.16. The minimum atomic E-state index is -0.791. The normalized spacial score (nSPS) is 11.2. The van der Waals surface area contributed by atoms with E-state index in [1.165, 1.54) is 14.0 Å². The number of fused-ring (bicyclic) bond motifs is 4. The van der Waals surface area contributed by atoms with Gasteiger partial charge in [0.25, 0.3) is 0 Å². The molecule has 2 aromatic carbocycles. The monoisotopic (exact) mass is 412 g/mol. The molecule has 4 rings (SSSR count). The van der Waals surface area contributed by atoms with Gasteiger partial charge in [-0.25, -0.2) is 9.78 Å². The fraction of sp³-hybridized carbons (Fsp3) is 0.105. The highest BCUT2D eigenvalue weighted by Crippen LogP contribution is 2.33. The Balaban J connectivity index is 2.03. The van der Waals surface area contributed by atoms with Gasteiger partial charge in [-0.15, -0.1) is 0 Å². The summed E-state index contributed by atoms with van der Waals surface area (Å²) in [6.07, 6.45) is -0.791. The Morgan fingerprint density at radius 2 is 1.88 bits per heavy atom. The molecule has 0 atom stereocenters. The van der Waals surface area contributed by atoms with Crippen LogP contribution in [0.5, 0.6) is 5.75 Å². The summed E-state index contributed by atoms with van der Waals surface area (Å²) in [5, 5.41) is 1.64. The number of hydrogen-bond donors (Lipinski definition) is 0. The molecular formula is C19H13BrN2O4. The molecule has 0 aliphatic rings. The zero-order valence-corrected chi connectivity index (χ0v) is 15.5. The topological polar surface area (TPSA) is 70.4 Å². The summed E-state index contributed by atoms with van der Waals surface area (Å²) in [5.41, 5.74) is 2.97. The fourth-order valence-corrected chi connectivity index (χ4v) is 3.44. The SMILES string of the molecule is COC(=O)Oc1ccc2nc3c4cc(Br)ccc4n(C(C)=O)c3cc2c1. The van der Waals surface area contributed by atoms with E-state index in [0.29, 0.717) is 11.3 Å². The van der Waals surface area contributed by atoms with E-state index in [4.69, 9.17) is 9.72 Å². The summed E-state index contributed by atoms with van der Waals surface area (Å²) < 4.78 is 12.1. The zero-order chi connectivity index (χ0) is 18.4. The minimum absolute atomic E-state index is 0.101.